The average Bonchev–Trinajstić information content (AvgIpc) is 1.16. The van der Waals surface area contributed by atoms with E-state index in [4.69, 9.17) is 24.1 Å². The fraction of sp³-hybridized carbons (Fsp3) is 0.542. The Morgan fingerprint density at radius 2 is 0.693 bits per heavy atom. The van der Waals surface area contributed by atoms with Gasteiger partial charge in [-0.1, -0.05) is 265 Å². The Hall–Kier alpha value is -8.66. The smallest absolute Gasteiger partial charge is 0.310 e. The first-order chi connectivity index (χ1) is 72.3. The summed E-state index contributed by atoms with van der Waals surface area (Å²) in [5, 5.41) is 19.4. The maximum Gasteiger partial charge on any atom is 0.310 e. The average molecular weight is 2320 g/mol. The number of ketones is 1. The highest BCUT2D eigenvalue weighted by molar-refractivity contribution is 9.09. The summed E-state index contributed by atoms with van der Waals surface area (Å²) in [5.74, 6) is 2.36. The number of methoxy groups -OCH3 is 4. The number of carbonyl (C=O) groups excluding carboxylic acids is 11. The topological polar surface area (TPSA) is 335 Å². The van der Waals surface area contributed by atoms with Gasteiger partial charge in [0.15, 0.2) is 5.78 Å². The van der Waals surface area contributed by atoms with Crippen molar-refractivity contribution >= 4 is 175 Å². The van der Waals surface area contributed by atoms with Crippen LogP contribution in [0.5, 0.6) is 0 Å². The number of Topliss-reactive ketones (excluding diaryl/α,β-unsaturated/α-hetero) is 1. The number of carbonyl (C=O) groups is 12. The summed E-state index contributed by atoms with van der Waals surface area (Å²) in [4.78, 5) is 145. The number of carboxylic acids is 1. The normalized spacial score (nSPS) is 12.1. The fourth-order valence-electron chi connectivity index (χ4n) is 16.3. The van der Waals surface area contributed by atoms with Gasteiger partial charge in [-0.05, 0) is 221 Å². The van der Waals surface area contributed by atoms with Crippen molar-refractivity contribution < 1.29 is 101 Å². The van der Waals surface area contributed by atoms with Crippen LogP contribution >= 0.6 is 104 Å². The number of benzene rings is 7. The van der Waals surface area contributed by atoms with Gasteiger partial charge < -0.3 is 59.0 Å². The zero-order chi connectivity index (χ0) is 111. The molecule has 7 aromatic carbocycles. The van der Waals surface area contributed by atoms with Crippen molar-refractivity contribution in [2.45, 2.75) is 269 Å². The molecule has 7 aromatic rings. The number of aliphatic carboxylic acids is 1. The third kappa shape index (κ3) is 55.9. The number of thiol groups is 2. The van der Waals surface area contributed by atoms with Crippen LogP contribution in [0.15, 0.2) is 188 Å². The first-order valence-corrected chi connectivity index (χ1v) is 60.1. The van der Waals surface area contributed by atoms with Crippen LogP contribution in [0.25, 0.3) is 22.3 Å². The van der Waals surface area contributed by atoms with E-state index in [-0.39, 0.29) is 110 Å². The van der Waals surface area contributed by atoms with E-state index >= 15 is 4.79 Å². The summed E-state index contributed by atoms with van der Waals surface area (Å²) in [7, 11) is 5.67. The number of unbranched alkanes of at least 4 members (excludes halogenated alkanes) is 11. The molecule has 0 saturated carbocycles. The lowest BCUT2D eigenvalue weighted by Gasteiger charge is -2.37. The fourth-order valence-corrected chi connectivity index (χ4v) is 20.3. The van der Waals surface area contributed by atoms with Crippen LogP contribution in [0.3, 0.4) is 0 Å². The van der Waals surface area contributed by atoms with Crippen LogP contribution < -0.4 is 16.0 Å². The van der Waals surface area contributed by atoms with Crippen molar-refractivity contribution in [2.24, 2.45) is 11.8 Å². The second kappa shape index (κ2) is 82.0. The Balaban J connectivity index is 0.000000516. The van der Waals surface area contributed by atoms with Crippen LogP contribution in [0.4, 0.5) is 0 Å². The SMILES string of the molecule is CCCCSCCCCCC(=O)OC.CCl.COC(=O)CCCCCBr.COC(=O)CCCCCSCCNC(=O)CCC(CC(=O)OCC1c2ccccc2-c2ccccc21)C(=O)OC(C)(C)C.COC(=O)CCCCCSCCNC(=O)CCC(CN[C@@H](CS)C(=O)C(c1ccccc1)(c1ccccc1)c1ccccc1)C(=O)OC(C)(C)C.O=C(CCCS)OCC1c2ccccc2-c2ccccc21.O=C(O)CCCCCBr. The molecule has 2 unspecified atom stereocenters. The van der Waals surface area contributed by atoms with Crippen molar-refractivity contribution in [1.29, 1.82) is 0 Å². The molecule has 0 fully saturated rings. The lowest BCUT2D eigenvalue weighted by atomic mass is 9.65. The minimum absolute atomic E-state index is 0.0696. The summed E-state index contributed by atoms with van der Waals surface area (Å²) in [6.45, 7) is 14.8. The van der Waals surface area contributed by atoms with Crippen molar-refractivity contribution in [3.8, 4) is 22.3 Å². The molecule has 2 amide bonds. The molecular weight excluding hydrogens is 2150 g/mol. The molecule has 0 bridgehead atoms. The summed E-state index contributed by atoms with van der Waals surface area (Å²) in [5.41, 5.74) is 9.46. The molecule has 32 heteroatoms. The molecule has 0 aromatic heterocycles. The van der Waals surface area contributed by atoms with Crippen LogP contribution in [0.2, 0.25) is 0 Å². The molecular formula is C118H166Br2ClN3O21S5. The molecule has 150 heavy (non-hydrogen) atoms. The van der Waals surface area contributed by atoms with Crippen LogP contribution in [0.1, 0.15) is 285 Å². The van der Waals surface area contributed by atoms with Gasteiger partial charge in [0, 0.05) is 117 Å². The predicted molar refractivity (Wildman–Crippen MR) is 624 cm³/mol. The standard InChI is InChI=1S/C41H54N2O6S2.C34H45NO7S.C18H18O2S.C11H22O2S.C7H13BrO2.C6H11BrO2.CH3Cl/c1-40(2,3)49-39(47)31(24-25-36(44)42-26-28-51-27-16-8-15-23-37(45)48-4)29-43-35(30-50)38(46)41(32-17-9-5-10-18-32,33-19-11-6-12-20-33)34-21-13-7-14-22-34;1-34(2,3)42-33(39)24(17-18-30(36)35-19-21-43-20-11-5-6-16-31(37)40-4)22-32(38)41-23-29-27-14-9-7-12-25(27)26-13-8-10-15-28(26)29;19-18(10-5-11-21)20-12-17-15-8-3-1-6-13(15)14-7-2-4-9-16(14)17;1-3-4-9-14-10-7-5-6-8-11(12)13-2;1-10-7(9)5-3-2-4-6-8;7-5-3-1-2-4-6(8)9;1-2/h5-7,9-14,17-22,31,35,43,50H,8,15-16,23-30H2,1-4H3,(H,42,44);7-10,12-15,24,29H,5-6,11,16-23H2,1-4H3,(H,35,36);1-4,6-9,17,21H,5,10-12H2;3-10H2,1-2H3;2-6H2,1H3;1-5H2,(H,8,9);1H3/t31?,35-;;;;;;/m0....../s1. The van der Waals surface area contributed by atoms with E-state index in [0.717, 1.165) is 169 Å². The third-order valence-corrected chi connectivity index (χ3v) is 29.1. The van der Waals surface area contributed by atoms with E-state index in [1.165, 1.54) is 87.8 Å². The minimum Gasteiger partial charge on any atom is -0.481 e. The van der Waals surface area contributed by atoms with E-state index in [1.54, 1.807) is 44.3 Å². The monoisotopic (exact) mass is 2310 g/mol. The molecule has 0 spiro atoms. The summed E-state index contributed by atoms with van der Waals surface area (Å²) in [6.07, 6.45) is 23.2. The second-order valence-corrected chi connectivity index (χ2v) is 43.8. The molecule has 830 valence electrons. The number of fused-ring (bicyclic) bond motifs is 6. The Labute approximate surface area is 939 Å². The first-order valence-electron chi connectivity index (χ1n) is 52.4. The zero-order valence-electron chi connectivity index (χ0n) is 90.3. The van der Waals surface area contributed by atoms with Gasteiger partial charge in [-0.2, -0.15) is 60.5 Å². The molecule has 0 aliphatic heterocycles. The molecule has 4 N–H and O–H groups in total. The number of thioether (sulfide) groups is 3. The number of alkyl halides is 3. The van der Waals surface area contributed by atoms with E-state index < -0.39 is 58.4 Å². The number of ether oxygens (including phenoxy) is 8. The number of carboxylic acid groups (broad SMARTS) is 1. The van der Waals surface area contributed by atoms with Gasteiger partial charge in [0.25, 0.3) is 0 Å². The van der Waals surface area contributed by atoms with Gasteiger partial charge in [-0.15, -0.1) is 11.6 Å². The van der Waals surface area contributed by atoms with E-state index in [0.29, 0.717) is 64.0 Å². The number of halogens is 3. The number of rotatable bonds is 63. The van der Waals surface area contributed by atoms with Gasteiger partial charge in [-0.3, -0.25) is 57.5 Å². The van der Waals surface area contributed by atoms with Crippen LogP contribution in [-0.4, -0.2) is 218 Å². The molecule has 0 radical (unpaired) electrons. The molecule has 0 saturated heterocycles. The molecule has 0 heterocycles. The molecule has 9 rings (SSSR count). The summed E-state index contributed by atoms with van der Waals surface area (Å²) < 4.78 is 40.9. The maximum atomic E-state index is 15.0. The first kappa shape index (κ1) is 135. The molecule has 2 aliphatic rings. The zero-order valence-corrected chi connectivity index (χ0v) is 98.4. The lowest BCUT2D eigenvalue weighted by Crippen LogP contribution is -2.52. The van der Waals surface area contributed by atoms with Gasteiger partial charge in [0.2, 0.25) is 11.8 Å². The highest BCUT2D eigenvalue weighted by Crippen LogP contribution is 2.47. The predicted octanol–water partition coefficient (Wildman–Crippen LogP) is 25.2. The molecule has 2 aliphatic carbocycles. The van der Waals surface area contributed by atoms with Gasteiger partial charge >= 0.3 is 53.7 Å². The highest BCUT2D eigenvalue weighted by atomic mass is 79.9. The number of hydrogen-bond acceptors (Lipinski definition) is 26. The number of nitrogens with one attached hydrogen (secondary N) is 3. The van der Waals surface area contributed by atoms with E-state index in [2.05, 4.69) is 171 Å². The van der Waals surface area contributed by atoms with E-state index in [1.807, 2.05) is 160 Å². The third-order valence-electron chi connectivity index (χ3n) is 24.0. The van der Waals surface area contributed by atoms with Crippen molar-refractivity contribution in [3.63, 3.8) is 0 Å². The molecule has 3 atom stereocenters. The number of esters is 8. The Morgan fingerprint density at radius 3 is 1.03 bits per heavy atom. The Kier molecular flexibility index (Phi) is 74.0. The quantitative estimate of drug-likeness (QED) is 0.00515. The number of hydrogen-bond donors (Lipinski definition) is 6. The Morgan fingerprint density at radius 1 is 0.380 bits per heavy atom. The largest absolute Gasteiger partial charge is 0.481 e. The summed E-state index contributed by atoms with van der Waals surface area (Å²) >= 11 is 25.5. The lowest BCUT2D eigenvalue weighted by molar-refractivity contribution is -0.164. The van der Waals surface area contributed by atoms with Gasteiger partial charge in [0.05, 0.1) is 52.7 Å². The summed E-state index contributed by atoms with van der Waals surface area (Å²) in [6, 6.07) is 61.5. The molecule has 24 nitrogen and oxygen atoms in total. The van der Waals surface area contributed by atoms with Crippen molar-refractivity contribution in [1.82, 2.24) is 16.0 Å². The van der Waals surface area contributed by atoms with Gasteiger partial charge in [0.1, 0.15) is 29.8 Å². The van der Waals surface area contributed by atoms with Crippen LogP contribution in [0, 0.1) is 11.8 Å². The van der Waals surface area contributed by atoms with Crippen molar-refractivity contribution in [3.05, 3.63) is 227 Å². The minimum atomic E-state index is -1.15. The van der Waals surface area contributed by atoms with E-state index in [9.17, 15) is 52.7 Å². The van der Waals surface area contributed by atoms with Crippen molar-refractivity contribution in [2.75, 3.05) is 124 Å². The van der Waals surface area contributed by atoms with Gasteiger partial charge in [-0.25, -0.2) is 0 Å². The highest BCUT2D eigenvalue weighted by Gasteiger charge is 2.47. The Bertz CT molecular complexity index is 4810. The number of amides is 2. The second-order valence-electron chi connectivity index (χ2n) is 37.8. The maximum absolute atomic E-state index is 15.0. The van der Waals surface area contributed by atoms with Crippen LogP contribution in [-0.2, 0) is 101 Å².